The van der Waals surface area contributed by atoms with E-state index < -0.39 is 17.9 Å². The molecule has 0 spiro atoms. The molecule has 8 heteroatoms. The van der Waals surface area contributed by atoms with Gasteiger partial charge in [0.05, 0.1) is 12.1 Å². The lowest BCUT2D eigenvalue weighted by atomic mass is 9.83. The van der Waals surface area contributed by atoms with Gasteiger partial charge in [-0.25, -0.2) is 4.39 Å². The highest BCUT2D eigenvalue weighted by Gasteiger charge is 2.39. The Kier molecular flexibility index (Phi) is 8.46. The third-order valence-electron chi connectivity index (χ3n) is 7.56. The number of pyridine rings is 1. The Hall–Kier alpha value is -3.13. The van der Waals surface area contributed by atoms with Crippen molar-refractivity contribution in [2.75, 3.05) is 13.6 Å². The van der Waals surface area contributed by atoms with Crippen molar-refractivity contribution in [3.05, 3.63) is 65.2 Å². The van der Waals surface area contributed by atoms with Crippen LogP contribution in [0.2, 0.25) is 0 Å². The molecule has 0 bridgehead atoms. The van der Waals surface area contributed by atoms with E-state index in [-0.39, 0.29) is 29.6 Å². The summed E-state index contributed by atoms with van der Waals surface area (Å²) in [6.07, 6.45) is 9.93. The molecule has 4 rings (SSSR count). The first-order valence-corrected chi connectivity index (χ1v) is 12.9. The zero-order chi connectivity index (χ0) is 25.7. The van der Waals surface area contributed by atoms with Gasteiger partial charge in [-0.1, -0.05) is 19.3 Å². The van der Waals surface area contributed by atoms with E-state index in [1.54, 1.807) is 26.2 Å². The van der Waals surface area contributed by atoms with Gasteiger partial charge in [0.25, 0.3) is 0 Å². The number of hydrogen-bond donors (Lipinski definition) is 2. The lowest BCUT2D eigenvalue weighted by Crippen LogP contribution is -2.55. The number of benzene rings is 1. The Balaban J connectivity index is 1.56. The van der Waals surface area contributed by atoms with Crippen LogP contribution in [0.25, 0.3) is 0 Å². The summed E-state index contributed by atoms with van der Waals surface area (Å²) in [5, 5.41) is 6.00. The monoisotopic (exact) mass is 494 g/mol. The fraction of sp³-hybridized carbons (Fsp3) is 0.500. The normalized spacial score (nSPS) is 20.1. The first-order valence-electron chi connectivity index (χ1n) is 12.9. The predicted molar refractivity (Wildman–Crippen MR) is 135 cm³/mol. The Labute approximate surface area is 211 Å². The predicted octanol–water partition coefficient (Wildman–Crippen LogP) is 3.79. The van der Waals surface area contributed by atoms with Gasteiger partial charge in [-0.05, 0) is 81.5 Å². The van der Waals surface area contributed by atoms with E-state index >= 15 is 0 Å². The number of likely N-dealkylation sites (N-methyl/N-ethyl adjacent to an activating group) is 1. The smallest absolute Gasteiger partial charge is 0.245 e. The lowest BCUT2D eigenvalue weighted by Gasteiger charge is -2.35. The number of amides is 2. The molecule has 7 nitrogen and oxygen atoms in total. The fourth-order valence-corrected chi connectivity index (χ4v) is 5.35. The molecule has 1 aromatic heterocycles. The fourth-order valence-electron chi connectivity index (χ4n) is 5.35. The number of nitrogens with zero attached hydrogens (tertiary/aromatic N) is 2. The van der Waals surface area contributed by atoms with Gasteiger partial charge in [0.1, 0.15) is 11.9 Å². The van der Waals surface area contributed by atoms with Gasteiger partial charge in [-0.15, -0.1) is 0 Å². The number of halogens is 1. The highest BCUT2D eigenvalue weighted by Crippen LogP contribution is 2.35. The van der Waals surface area contributed by atoms with Gasteiger partial charge in [0.15, 0.2) is 5.78 Å². The van der Waals surface area contributed by atoms with Crippen LogP contribution in [0.5, 0.6) is 0 Å². The molecule has 1 aliphatic carbocycles. The molecular weight excluding hydrogens is 459 g/mol. The molecule has 3 unspecified atom stereocenters. The number of nitrogens with one attached hydrogen (secondary N) is 2. The van der Waals surface area contributed by atoms with E-state index in [1.807, 2.05) is 4.90 Å². The number of carbonyl (C=O) groups is 3. The molecule has 2 N–H and O–H groups in total. The zero-order valence-electron chi connectivity index (χ0n) is 21.0. The summed E-state index contributed by atoms with van der Waals surface area (Å²) in [6.45, 7) is 2.38. The van der Waals surface area contributed by atoms with Crippen LogP contribution in [0.1, 0.15) is 79.4 Å². The van der Waals surface area contributed by atoms with E-state index in [2.05, 4.69) is 15.6 Å². The molecule has 1 aliphatic heterocycles. The van der Waals surface area contributed by atoms with Crippen molar-refractivity contribution >= 4 is 17.6 Å². The van der Waals surface area contributed by atoms with Crippen LogP contribution in [0.3, 0.4) is 0 Å². The summed E-state index contributed by atoms with van der Waals surface area (Å²) in [7, 11) is 1.73. The second-order valence-corrected chi connectivity index (χ2v) is 9.93. The first-order chi connectivity index (χ1) is 17.4. The Morgan fingerprint density at radius 1 is 1.00 bits per heavy atom. The molecule has 36 heavy (non-hydrogen) atoms. The number of carbonyl (C=O) groups excluding carboxylic acids is 3. The molecule has 1 aromatic carbocycles. The number of likely N-dealkylation sites (tertiary alicyclic amines) is 1. The van der Waals surface area contributed by atoms with Crippen molar-refractivity contribution in [1.82, 2.24) is 20.5 Å². The molecule has 2 amide bonds. The Morgan fingerprint density at radius 3 is 2.42 bits per heavy atom. The van der Waals surface area contributed by atoms with Crippen LogP contribution in [0, 0.1) is 11.7 Å². The number of ketones is 1. The van der Waals surface area contributed by atoms with Crippen molar-refractivity contribution in [1.29, 1.82) is 0 Å². The second kappa shape index (κ2) is 11.7. The van der Waals surface area contributed by atoms with Gasteiger partial charge >= 0.3 is 0 Å². The highest BCUT2D eigenvalue weighted by molar-refractivity contribution is 6.08. The zero-order valence-corrected chi connectivity index (χ0v) is 21.0. The van der Waals surface area contributed by atoms with Gasteiger partial charge in [0.2, 0.25) is 11.8 Å². The summed E-state index contributed by atoms with van der Waals surface area (Å²) in [4.78, 5) is 45.8. The lowest BCUT2D eigenvalue weighted by molar-refractivity contribution is -0.139. The minimum Gasteiger partial charge on any atom is -0.343 e. The number of hydrogen-bond acceptors (Lipinski definition) is 5. The topological polar surface area (TPSA) is 91.4 Å². The van der Waals surface area contributed by atoms with E-state index in [0.29, 0.717) is 17.7 Å². The number of rotatable bonds is 8. The minimum atomic E-state index is -0.564. The Morgan fingerprint density at radius 2 is 1.72 bits per heavy atom. The molecule has 2 heterocycles. The van der Waals surface area contributed by atoms with E-state index in [4.69, 9.17) is 0 Å². The van der Waals surface area contributed by atoms with Gasteiger partial charge in [-0.2, -0.15) is 0 Å². The van der Waals surface area contributed by atoms with E-state index in [1.165, 1.54) is 30.5 Å². The average Bonchev–Trinajstić information content (AvgIpc) is 3.41. The SMILES string of the molecule is CNC(C)C(=O)NC(C(=O)N1CCCC1c1cncc(C(=O)c2ccc(F)cc2)c1)C1CCCCC1. The maximum absolute atomic E-state index is 13.9. The molecule has 1 saturated carbocycles. The van der Waals surface area contributed by atoms with Crippen LogP contribution >= 0.6 is 0 Å². The summed E-state index contributed by atoms with van der Waals surface area (Å²) in [5.41, 5.74) is 1.58. The third kappa shape index (κ3) is 5.81. The minimum absolute atomic E-state index is 0.0590. The van der Waals surface area contributed by atoms with E-state index in [9.17, 15) is 18.8 Å². The quantitative estimate of drug-likeness (QED) is 0.545. The third-order valence-corrected chi connectivity index (χ3v) is 7.56. The maximum atomic E-state index is 13.9. The largest absolute Gasteiger partial charge is 0.343 e. The van der Waals surface area contributed by atoms with Crippen LogP contribution in [-0.4, -0.2) is 53.2 Å². The molecule has 192 valence electrons. The highest BCUT2D eigenvalue weighted by atomic mass is 19.1. The summed E-state index contributed by atoms with van der Waals surface area (Å²) in [6, 6.07) is 6.05. The van der Waals surface area contributed by atoms with Crippen molar-refractivity contribution < 1.29 is 18.8 Å². The van der Waals surface area contributed by atoms with Gasteiger partial charge < -0.3 is 15.5 Å². The molecule has 1 saturated heterocycles. The Bertz CT molecular complexity index is 1080. The van der Waals surface area contributed by atoms with Crippen LogP contribution in [-0.2, 0) is 9.59 Å². The molecule has 0 radical (unpaired) electrons. The van der Waals surface area contributed by atoms with Crippen LogP contribution in [0.15, 0.2) is 42.7 Å². The molecule has 3 atom stereocenters. The van der Waals surface area contributed by atoms with Crippen molar-refractivity contribution in [2.45, 2.75) is 70.0 Å². The van der Waals surface area contributed by atoms with Crippen molar-refractivity contribution in [3.8, 4) is 0 Å². The average molecular weight is 495 g/mol. The molecule has 2 aromatic rings. The second-order valence-electron chi connectivity index (χ2n) is 9.93. The standard InChI is InChI=1S/C28H35FN4O3/c1-18(30-2)27(35)32-25(19-7-4-3-5-8-19)28(36)33-14-6-9-24(33)21-15-22(17-31-16-21)26(34)20-10-12-23(29)13-11-20/h10-13,15-19,24-25,30H,3-9,14H2,1-2H3,(H,32,35). The van der Waals surface area contributed by atoms with E-state index in [0.717, 1.165) is 50.5 Å². The van der Waals surface area contributed by atoms with Crippen LogP contribution < -0.4 is 10.6 Å². The maximum Gasteiger partial charge on any atom is 0.245 e. The van der Waals surface area contributed by atoms with Crippen LogP contribution in [0.4, 0.5) is 4.39 Å². The van der Waals surface area contributed by atoms with Gasteiger partial charge in [-0.3, -0.25) is 19.4 Å². The summed E-state index contributed by atoms with van der Waals surface area (Å²) < 4.78 is 13.3. The summed E-state index contributed by atoms with van der Waals surface area (Å²) in [5.74, 6) is -0.761. The molecule has 2 fully saturated rings. The first kappa shape index (κ1) is 25.9. The van der Waals surface area contributed by atoms with Crippen molar-refractivity contribution in [3.63, 3.8) is 0 Å². The summed E-state index contributed by atoms with van der Waals surface area (Å²) >= 11 is 0. The number of aromatic nitrogens is 1. The van der Waals surface area contributed by atoms with Crippen molar-refractivity contribution in [2.24, 2.45) is 5.92 Å². The van der Waals surface area contributed by atoms with Gasteiger partial charge in [0, 0.05) is 30.1 Å². The molecular formula is C28H35FN4O3. The molecule has 2 aliphatic rings.